The average Bonchev–Trinajstić information content (AvgIpc) is 1.27. The molecular formula is C5H12MgO3. The molecule has 0 saturated carbocycles. The molecule has 3 nitrogen and oxygen atoms in total. The Kier molecular flexibility index (Phi) is 14.4. The van der Waals surface area contributed by atoms with E-state index in [4.69, 9.17) is 0 Å². The maximum atomic E-state index is 10.0. The number of carbonyl (C=O) groups excluding carboxylic acids is 2. The molecule has 0 aliphatic heterocycles. The van der Waals surface area contributed by atoms with Gasteiger partial charge in [0.25, 0.3) is 0 Å². The summed E-state index contributed by atoms with van der Waals surface area (Å²) < 4.78 is 0. The Labute approximate surface area is 73.2 Å². The third-order valence-corrected chi connectivity index (χ3v) is 0.498. The van der Waals surface area contributed by atoms with Gasteiger partial charge in [0.05, 0.1) is 6.42 Å². The standard InChI is InChI=1S/C5H8O2.Mg.H2O.2H/c1-4(6)3-5(2)7;;;;/h3H2,1-2H3;;1H2;;/q;+2;;2*-1. The second-order valence-corrected chi connectivity index (χ2v) is 1.58. The van der Waals surface area contributed by atoms with Crippen LogP contribution in [0.1, 0.15) is 23.1 Å². The fourth-order valence-electron chi connectivity index (χ4n) is 0.351. The molecule has 0 aliphatic carbocycles. The maximum Gasteiger partial charge on any atom is 2.00 e. The normalized spacial score (nSPS) is 6.44. The van der Waals surface area contributed by atoms with Crippen LogP contribution in [0.15, 0.2) is 0 Å². The fourth-order valence-corrected chi connectivity index (χ4v) is 0.351. The third kappa shape index (κ3) is 18.0. The number of carbonyl (C=O) groups is 2. The molecule has 4 heteroatoms. The van der Waals surface area contributed by atoms with Crippen LogP contribution >= 0.6 is 0 Å². The van der Waals surface area contributed by atoms with Crippen LogP contribution in [0.5, 0.6) is 0 Å². The zero-order valence-electron chi connectivity index (χ0n) is 7.73. The zero-order chi connectivity index (χ0) is 5.86. The molecule has 0 spiro atoms. The molecule has 0 fully saturated rings. The van der Waals surface area contributed by atoms with Gasteiger partial charge in [0.1, 0.15) is 11.6 Å². The molecule has 0 rings (SSSR count). The Morgan fingerprint density at radius 3 is 1.44 bits per heavy atom. The van der Waals surface area contributed by atoms with E-state index in [1.807, 2.05) is 0 Å². The summed E-state index contributed by atoms with van der Waals surface area (Å²) in [4.78, 5) is 20.1. The monoisotopic (exact) mass is 144 g/mol. The average molecular weight is 144 g/mol. The smallest absolute Gasteiger partial charge is 1.00 e. The first-order valence-corrected chi connectivity index (χ1v) is 2.12. The summed E-state index contributed by atoms with van der Waals surface area (Å²) in [5.41, 5.74) is 0. The largest absolute Gasteiger partial charge is 2.00 e. The molecule has 0 unspecified atom stereocenters. The fraction of sp³-hybridized carbons (Fsp3) is 0.600. The van der Waals surface area contributed by atoms with Crippen molar-refractivity contribution in [1.29, 1.82) is 0 Å². The predicted octanol–water partition coefficient (Wildman–Crippen LogP) is -0.426. The van der Waals surface area contributed by atoms with E-state index >= 15 is 0 Å². The van der Waals surface area contributed by atoms with E-state index in [-0.39, 0.29) is 49.4 Å². The molecule has 0 aliphatic rings. The summed E-state index contributed by atoms with van der Waals surface area (Å²) >= 11 is 0. The van der Waals surface area contributed by atoms with Crippen molar-refractivity contribution in [2.24, 2.45) is 0 Å². The molecule has 2 N–H and O–H groups in total. The van der Waals surface area contributed by atoms with Gasteiger partial charge >= 0.3 is 23.1 Å². The van der Waals surface area contributed by atoms with E-state index in [1.54, 1.807) is 0 Å². The minimum absolute atomic E-state index is 0. The number of rotatable bonds is 2. The van der Waals surface area contributed by atoms with Crippen LogP contribution in [-0.2, 0) is 9.59 Å². The molecular weight excluding hydrogens is 132 g/mol. The van der Waals surface area contributed by atoms with Gasteiger partial charge in [-0.2, -0.15) is 0 Å². The van der Waals surface area contributed by atoms with Gasteiger partial charge in [-0.1, -0.05) is 0 Å². The SMILES string of the molecule is CC(=O)CC(C)=O.O.[H-].[H-].[Mg+2]. The minimum Gasteiger partial charge on any atom is -1.00 e. The second-order valence-electron chi connectivity index (χ2n) is 1.58. The van der Waals surface area contributed by atoms with Crippen molar-refractivity contribution < 1.29 is 17.9 Å². The van der Waals surface area contributed by atoms with Crippen LogP contribution < -0.4 is 0 Å². The van der Waals surface area contributed by atoms with Crippen molar-refractivity contribution in [3.63, 3.8) is 0 Å². The van der Waals surface area contributed by atoms with Gasteiger partial charge in [0.2, 0.25) is 0 Å². The van der Waals surface area contributed by atoms with Gasteiger partial charge in [-0.3, -0.25) is 9.59 Å². The van der Waals surface area contributed by atoms with Gasteiger partial charge in [0.15, 0.2) is 0 Å². The van der Waals surface area contributed by atoms with E-state index in [1.165, 1.54) is 13.8 Å². The molecule has 0 radical (unpaired) electrons. The maximum absolute atomic E-state index is 10.0. The molecule has 0 heterocycles. The first kappa shape index (κ1) is 16.0. The first-order valence-electron chi connectivity index (χ1n) is 2.12. The van der Waals surface area contributed by atoms with Crippen molar-refractivity contribution in [1.82, 2.24) is 0 Å². The molecule has 0 amide bonds. The number of hydrogen-bond acceptors (Lipinski definition) is 2. The van der Waals surface area contributed by atoms with Crippen LogP contribution in [0.3, 0.4) is 0 Å². The Hall–Kier alpha value is 0.0662. The van der Waals surface area contributed by atoms with Gasteiger partial charge < -0.3 is 8.33 Å². The summed E-state index contributed by atoms with van der Waals surface area (Å²) in [7, 11) is 0. The summed E-state index contributed by atoms with van der Waals surface area (Å²) in [5, 5.41) is 0. The third-order valence-electron chi connectivity index (χ3n) is 0.498. The van der Waals surface area contributed by atoms with Crippen molar-refractivity contribution in [2.45, 2.75) is 20.3 Å². The van der Waals surface area contributed by atoms with Gasteiger partial charge in [0, 0.05) is 0 Å². The number of hydrogen-bond donors (Lipinski definition) is 0. The van der Waals surface area contributed by atoms with E-state index in [2.05, 4.69) is 0 Å². The van der Waals surface area contributed by atoms with Crippen molar-refractivity contribution in [2.75, 3.05) is 0 Å². The van der Waals surface area contributed by atoms with Crippen LogP contribution in [0, 0.1) is 0 Å². The van der Waals surface area contributed by atoms with E-state index in [0.29, 0.717) is 0 Å². The quantitative estimate of drug-likeness (QED) is 0.390. The number of Topliss-reactive ketones (excluding diaryl/α,β-unsaturated/α-hetero) is 2. The summed E-state index contributed by atoms with van der Waals surface area (Å²) in [5.74, 6) is -0.125. The Morgan fingerprint density at radius 2 is 1.44 bits per heavy atom. The molecule has 0 saturated heterocycles. The molecule has 9 heavy (non-hydrogen) atoms. The van der Waals surface area contributed by atoms with Crippen LogP contribution in [-0.4, -0.2) is 40.1 Å². The molecule has 0 bridgehead atoms. The Bertz CT molecular complexity index is 95.9. The van der Waals surface area contributed by atoms with Gasteiger partial charge in [-0.15, -0.1) is 0 Å². The number of ketones is 2. The second kappa shape index (κ2) is 8.07. The minimum atomic E-state index is -0.0625. The topological polar surface area (TPSA) is 65.6 Å². The Morgan fingerprint density at radius 1 is 1.22 bits per heavy atom. The Balaban J connectivity index is -0.0000000300. The van der Waals surface area contributed by atoms with E-state index in [9.17, 15) is 9.59 Å². The molecule has 52 valence electrons. The van der Waals surface area contributed by atoms with Crippen molar-refractivity contribution >= 4 is 34.6 Å². The first-order chi connectivity index (χ1) is 3.13. The molecule has 0 aromatic heterocycles. The zero-order valence-corrected chi connectivity index (χ0v) is 7.14. The van der Waals surface area contributed by atoms with Crippen LogP contribution in [0.2, 0.25) is 0 Å². The van der Waals surface area contributed by atoms with E-state index < -0.39 is 0 Å². The van der Waals surface area contributed by atoms with Crippen LogP contribution in [0.4, 0.5) is 0 Å². The van der Waals surface area contributed by atoms with Crippen molar-refractivity contribution in [3.05, 3.63) is 0 Å². The molecule has 0 atom stereocenters. The summed E-state index contributed by atoms with van der Waals surface area (Å²) in [6, 6.07) is 0. The van der Waals surface area contributed by atoms with Crippen LogP contribution in [0.25, 0.3) is 0 Å². The predicted molar refractivity (Wildman–Crippen MR) is 37.6 cm³/mol. The summed E-state index contributed by atoms with van der Waals surface area (Å²) in [6.07, 6.45) is 0.0833. The van der Waals surface area contributed by atoms with Gasteiger partial charge in [-0.05, 0) is 13.8 Å². The van der Waals surface area contributed by atoms with Gasteiger partial charge in [-0.25, -0.2) is 0 Å². The summed E-state index contributed by atoms with van der Waals surface area (Å²) in [6.45, 7) is 2.81. The molecule has 0 aromatic carbocycles. The van der Waals surface area contributed by atoms with Crippen molar-refractivity contribution in [3.8, 4) is 0 Å². The molecule has 0 aromatic rings. The van der Waals surface area contributed by atoms with E-state index in [0.717, 1.165) is 0 Å².